The van der Waals surface area contributed by atoms with Gasteiger partial charge in [0.25, 0.3) is 0 Å². The second kappa shape index (κ2) is 5.87. The molecule has 0 amide bonds. The van der Waals surface area contributed by atoms with E-state index in [-0.39, 0.29) is 6.04 Å². The fourth-order valence-electron chi connectivity index (χ4n) is 1.59. The Kier molecular flexibility index (Phi) is 5.06. The number of nitrogens with zero attached hydrogens (tertiary/aromatic N) is 1. The van der Waals surface area contributed by atoms with Crippen LogP contribution in [0.4, 0.5) is 0 Å². The van der Waals surface area contributed by atoms with Gasteiger partial charge in [-0.1, -0.05) is 29.3 Å². The smallest absolute Gasteiger partial charge is 0.105 e. The summed E-state index contributed by atoms with van der Waals surface area (Å²) in [6.07, 6.45) is -0.494. The molecule has 0 bridgehead atoms. The van der Waals surface area contributed by atoms with Crippen LogP contribution in [0.1, 0.15) is 26.3 Å². The average molecular weight is 262 g/mol. The van der Waals surface area contributed by atoms with Gasteiger partial charge in [-0.05, 0) is 38.5 Å². The van der Waals surface area contributed by atoms with Gasteiger partial charge in [0.1, 0.15) is 6.23 Å². The van der Waals surface area contributed by atoms with E-state index in [4.69, 9.17) is 23.2 Å². The number of halogens is 2. The van der Waals surface area contributed by atoms with E-state index in [0.717, 1.165) is 5.56 Å². The summed E-state index contributed by atoms with van der Waals surface area (Å²) in [5.74, 6) is 0. The fourth-order valence-corrected chi connectivity index (χ4v) is 2.06. The molecule has 16 heavy (non-hydrogen) atoms. The van der Waals surface area contributed by atoms with Crippen molar-refractivity contribution in [1.82, 2.24) is 4.90 Å². The summed E-state index contributed by atoms with van der Waals surface area (Å²) in [5.41, 5.74) is 0.973. The zero-order valence-corrected chi connectivity index (χ0v) is 11.3. The number of aliphatic hydroxyl groups is 1. The molecule has 0 aromatic heterocycles. The van der Waals surface area contributed by atoms with Crippen molar-refractivity contribution in [2.75, 3.05) is 0 Å². The Balaban J connectivity index is 2.85. The third-order valence-corrected chi connectivity index (χ3v) is 3.10. The number of rotatable bonds is 4. The number of hydrogen-bond acceptors (Lipinski definition) is 2. The third kappa shape index (κ3) is 3.63. The predicted octanol–water partition coefficient (Wildman–Crippen LogP) is 3.54. The molecule has 4 heteroatoms. The Morgan fingerprint density at radius 3 is 2.31 bits per heavy atom. The molecule has 0 saturated heterocycles. The third-order valence-electron chi connectivity index (χ3n) is 2.51. The van der Waals surface area contributed by atoms with Crippen LogP contribution in [-0.2, 0) is 6.54 Å². The Hall–Kier alpha value is -0.280. The highest BCUT2D eigenvalue weighted by Crippen LogP contribution is 2.23. The molecule has 1 atom stereocenters. The molecule has 1 aromatic carbocycles. The van der Waals surface area contributed by atoms with E-state index in [1.54, 1.807) is 13.0 Å². The Bertz CT molecular complexity index is 345. The van der Waals surface area contributed by atoms with Crippen molar-refractivity contribution in [3.8, 4) is 0 Å². The van der Waals surface area contributed by atoms with Gasteiger partial charge >= 0.3 is 0 Å². The lowest BCUT2D eigenvalue weighted by molar-refractivity contribution is -0.00858. The molecular formula is C12H17Cl2NO. The van der Waals surface area contributed by atoms with Crippen LogP contribution in [0.25, 0.3) is 0 Å². The molecule has 0 saturated carbocycles. The molecule has 2 nitrogen and oxygen atoms in total. The van der Waals surface area contributed by atoms with E-state index in [1.165, 1.54) is 0 Å². The maximum atomic E-state index is 9.65. The first-order valence-electron chi connectivity index (χ1n) is 5.29. The molecular weight excluding hydrogens is 245 g/mol. The highest BCUT2D eigenvalue weighted by atomic mass is 35.5. The summed E-state index contributed by atoms with van der Waals surface area (Å²) in [6, 6.07) is 5.68. The van der Waals surface area contributed by atoms with Crippen molar-refractivity contribution in [3.63, 3.8) is 0 Å². The van der Waals surface area contributed by atoms with E-state index in [9.17, 15) is 5.11 Å². The molecule has 90 valence electrons. The minimum atomic E-state index is -0.494. The molecule has 0 aliphatic rings. The van der Waals surface area contributed by atoms with Crippen LogP contribution in [0.2, 0.25) is 10.0 Å². The normalized spacial score (nSPS) is 13.5. The summed E-state index contributed by atoms with van der Waals surface area (Å²) in [6.45, 7) is 6.45. The first-order chi connectivity index (χ1) is 7.41. The predicted molar refractivity (Wildman–Crippen MR) is 68.8 cm³/mol. The Morgan fingerprint density at radius 2 is 1.88 bits per heavy atom. The molecule has 0 heterocycles. The van der Waals surface area contributed by atoms with Gasteiger partial charge in [-0.3, -0.25) is 4.90 Å². The molecule has 1 unspecified atom stereocenters. The van der Waals surface area contributed by atoms with Crippen molar-refractivity contribution in [3.05, 3.63) is 33.8 Å². The molecule has 1 rings (SSSR count). The summed E-state index contributed by atoms with van der Waals surface area (Å²) >= 11 is 11.9. The van der Waals surface area contributed by atoms with Gasteiger partial charge in [0.2, 0.25) is 0 Å². The summed E-state index contributed by atoms with van der Waals surface area (Å²) in [7, 11) is 0. The van der Waals surface area contributed by atoms with Gasteiger partial charge < -0.3 is 5.11 Å². The molecule has 0 radical (unpaired) electrons. The van der Waals surface area contributed by atoms with E-state index >= 15 is 0 Å². The second-order valence-electron chi connectivity index (χ2n) is 4.13. The Morgan fingerprint density at radius 1 is 1.25 bits per heavy atom. The summed E-state index contributed by atoms with van der Waals surface area (Å²) < 4.78 is 0. The van der Waals surface area contributed by atoms with Crippen LogP contribution >= 0.6 is 23.2 Å². The molecule has 0 aliphatic carbocycles. The minimum Gasteiger partial charge on any atom is -0.379 e. The van der Waals surface area contributed by atoms with Crippen LogP contribution in [0.5, 0.6) is 0 Å². The second-order valence-corrected chi connectivity index (χ2v) is 4.98. The Labute approximate surface area is 107 Å². The highest BCUT2D eigenvalue weighted by Gasteiger charge is 2.16. The van der Waals surface area contributed by atoms with E-state index in [0.29, 0.717) is 16.6 Å². The van der Waals surface area contributed by atoms with Crippen LogP contribution in [0.3, 0.4) is 0 Å². The van der Waals surface area contributed by atoms with E-state index in [1.807, 2.05) is 30.9 Å². The largest absolute Gasteiger partial charge is 0.379 e. The lowest BCUT2D eigenvalue weighted by Gasteiger charge is -2.29. The van der Waals surface area contributed by atoms with Gasteiger partial charge in [0.15, 0.2) is 0 Å². The van der Waals surface area contributed by atoms with Gasteiger partial charge in [-0.2, -0.15) is 0 Å². The van der Waals surface area contributed by atoms with Gasteiger partial charge in [-0.25, -0.2) is 0 Å². The molecule has 1 N–H and O–H groups in total. The summed E-state index contributed by atoms with van der Waals surface area (Å²) in [4.78, 5) is 1.95. The highest BCUT2D eigenvalue weighted by molar-refractivity contribution is 6.35. The maximum absolute atomic E-state index is 9.65. The van der Waals surface area contributed by atoms with Crippen LogP contribution < -0.4 is 0 Å². The topological polar surface area (TPSA) is 23.5 Å². The fraction of sp³-hybridized carbons (Fsp3) is 0.500. The van der Waals surface area contributed by atoms with Crippen LogP contribution in [0, 0.1) is 0 Å². The standard InChI is InChI=1S/C12H17Cl2NO/c1-8(2)15(9(3)16)7-10-4-5-11(13)6-12(10)14/h4-6,8-9,16H,7H2,1-3H3. The maximum Gasteiger partial charge on any atom is 0.105 e. The van der Waals surface area contributed by atoms with Crippen molar-refractivity contribution in [1.29, 1.82) is 0 Å². The minimum absolute atomic E-state index is 0.256. The van der Waals surface area contributed by atoms with Crippen LogP contribution in [0.15, 0.2) is 18.2 Å². The molecule has 0 fully saturated rings. The van der Waals surface area contributed by atoms with Crippen molar-refractivity contribution < 1.29 is 5.11 Å². The zero-order chi connectivity index (χ0) is 12.3. The molecule has 1 aromatic rings. The number of benzene rings is 1. The molecule has 0 spiro atoms. The lowest BCUT2D eigenvalue weighted by atomic mass is 10.2. The summed E-state index contributed by atoms with van der Waals surface area (Å²) in [5, 5.41) is 10.9. The zero-order valence-electron chi connectivity index (χ0n) is 9.74. The monoisotopic (exact) mass is 261 g/mol. The molecule has 0 aliphatic heterocycles. The average Bonchev–Trinajstić information content (AvgIpc) is 2.15. The first-order valence-corrected chi connectivity index (χ1v) is 6.05. The van der Waals surface area contributed by atoms with Gasteiger partial charge in [0.05, 0.1) is 0 Å². The van der Waals surface area contributed by atoms with Crippen LogP contribution in [-0.4, -0.2) is 22.3 Å². The lowest BCUT2D eigenvalue weighted by Crippen LogP contribution is -2.37. The van der Waals surface area contributed by atoms with Gasteiger partial charge in [0, 0.05) is 22.6 Å². The van der Waals surface area contributed by atoms with Gasteiger partial charge in [-0.15, -0.1) is 0 Å². The number of aliphatic hydroxyl groups excluding tert-OH is 1. The van der Waals surface area contributed by atoms with E-state index in [2.05, 4.69) is 0 Å². The first kappa shape index (κ1) is 13.8. The van der Waals surface area contributed by atoms with Crippen molar-refractivity contribution in [2.24, 2.45) is 0 Å². The van der Waals surface area contributed by atoms with Crippen molar-refractivity contribution in [2.45, 2.75) is 39.6 Å². The SMILES string of the molecule is CC(C)N(Cc1ccc(Cl)cc1Cl)C(C)O. The van der Waals surface area contributed by atoms with Crippen molar-refractivity contribution >= 4 is 23.2 Å². The van der Waals surface area contributed by atoms with E-state index < -0.39 is 6.23 Å². The quantitative estimate of drug-likeness (QED) is 0.839. The number of hydrogen-bond donors (Lipinski definition) is 1.